The maximum atomic E-state index is 14.6. The second-order valence-electron chi connectivity index (χ2n) is 9.79. The maximum Gasteiger partial charge on any atom is 0.222 e. The van der Waals surface area contributed by atoms with Crippen LogP contribution in [0.4, 0.5) is 4.39 Å². The van der Waals surface area contributed by atoms with Crippen LogP contribution >= 0.6 is 0 Å². The van der Waals surface area contributed by atoms with Crippen LogP contribution in [0.15, 0.2) is 24.3 Å². The third-order valence-electron chi connectivity index (χ3n) is 7.29. The van der Waals surface area contributed by atoms with Crippen molar-refractivity contribution in [2.45, 2.75) is 83.2 Å². The summed E-state index contributed by atoms with van der Waals surface area (Å²) in [6.07, 6.45) is 6.74. The highest BCUT2D eigenvalue weighted by molar-refractivity contribution is 5.76. The second-order valence-corrected chi connectivity index (χ2v) is 9.79. The second kappa shape index (κ2) is 9.69. The number of benzene rings is 1. The summed E-state index contributed by atoms with van der Waals surface area (Å²) in [6, 6.07) is 7.51. The molecule has 1 aromatic heterocycles. The van der Waals surface area contributed by atoms with Crippen molar-refractivity contribution in [3.8, 4) is 0 Å². The van der Waals surface area contributed by atoms with Crippen LogP contribution in [-0.4, -0.2) is 51.2 Å². The Hall–Kier alpha value is -2.28. The first kappa shape index (κ1) is 22.9. The summed E-state index contributed by atoms with van der Waals surface area (Å²) in [6.45, 7) is 8.59. The molecule has 0 radical (unpaired) electrons. The Morgan fingerprint density at radius 2 is 1.91 bits per heavy atom. The number of aryl methyl sites for hydroxylation is 2. The van der Waals surface area contributed by atoms with E-state index in [1.54, 1.807) is 12.1 Å². The molecule has 1 saturated heterocycles. The monoisotopic (exact) mass is 441 g/mol. The van der Waals surface area contributed by atoms with Gasteiger partial charge in [-0.1, -0.05) is 31.0 Å². The quantitative estimate of drug-likeness (QED) is 0.703. The fourth-order valence-electron chi connectivity index (χ4n) is 5.71. The standard InChI is InChI=1S/C25H36FN5O/c1-18(31-20(3)27-19(2)29-31)16-24(32)28-21-10-14-30(15-11-21)17-25(12-6-7-13-25)22-8-4-5-9-23(22)26/h4-5,8-9,18,21H,6-7,10-17H2,1-3H3,(H,28,32). The van der Waals surface area contributed by atoms with Gasteiger partial charge in [0.15, 0.2) is 0 Å². The molecule has 2 aromatic rings. The number of piperidine rings is 1. The fraction of sp³-hybridized carbons (Fsp3) is 0.640. The van der Waals surface area contributed by atoms with Crippen molar-refractivity contribution >= 4 is 5.91 Å². The molecule has 1 N–H and O–H groups in total. The van der Waals surface area contributed by atoms with Crippen LogP contribution in [0.25, 0.3) is 0 Å². The Balaban J connectivity index is 1.29. The van der Waals surface area contributed by atoms with E-state index in [1.165, 1.54) is 12.8 Å². The van der Waals surface area contributed by atoms with Crippen LogP contribution in [0.1, 0.15) is 75.1 Å². The average Bonchev–Trinajstić information content (AvgIpc) is 3.36. The summed E-state index contributed by atoms with van der Waals surface area (Å²) in [5.74, 6) is 1.58. The lowest BCUT2D eigenvalue weighted by atomic mass is 9.77. The van der Waals surface area contributed by atoms with Crippen LogP contribution < -0.4 is 5.32 Å². The Kier molecular flexibility index (Phi) is 6.93. The molecular weight excluding hydrogens is 405 g/mol. The van der Waals surface area contributed by atoms with Gasteiger partial charge in [-0.3, -0.25) is 4.79 Å². The highest BCUT2D eigenvalue weighted by Crippen LogP contribution is 2.43. The number of carbonyl (C=O) groups excluding carboxylic acids is 1. The average molecular weight is 442 g/mol. The zero-order valence-corrected chi connectivity index (χ0v) is 19.6. The van der Waals surface area contributed by atoms with E-state index >= 15 is 0 Å². The van der Waals surface area contributed by atoms with E-state index in [1.807, 2.05) is 37.6 Å². The van der Waals surface area contributed by atoms with E-state index in [9.17, 15) is 9.18 Å². The molecule has 2 aliphatic rings. The van der Waals surface area contributed by atoms with Gasteiger partial charge < -0.3 is 10.2 Å². The van der Waals surface area contributed by atoms with Crippen molar-refractivity contribution in [3.63, 3.8) is 0 Å². The maximum absolute atomic E-state index is 14.6. The predicted molar refractivity (Wildman–Crippen MR) is 123 cm³/mol. The summed E-state index contributed by atoms with van der Waals surface area (Å²) < 4.78 is 16.5. The number of halogens is 1. The molecule has 1 amide bonds. The Morgan fingerprint density at radius 1 is 1.22 bits per heavy atom. The third kappa shape index (κ3) is 5.03. The molecular formula is C25H36FN5O. The number of hydrogen-bond acceptors (Lipinski definition) is 4. The zero-order valence-electron chi connectivity index (χ0n) is 19.6. The van der Waals surface area contributed by atoms with E-state index in [2.05, 4.69) is 20.3 Å². The number of carbonyl (C=O) groups is 1. The molecule has 2 fully saturated rings. The van der Waals surface area contributed by atoms with Crippen LogP contribution in [0.5, 0.6) is 0 Å². The minimum absolute atomic E-state index is 0.0146. The molecule has 1 saturated carbocycles. The van der Waals surface area contributed by atoms with Crippen molar-refractivity contribution in [3.05, 3.63) is 47.3 Å². The van der Waals surface area contributed by atoms with Gasteiger partial charge in [0.1, 0.15) is 17.5 Å². The van der Waals surface area contributed by atoms with Crippen LogP contribution in [0.2, 0.25) is 0 Å². The van der Waals surface area contributed by atoms with Gasteiger partial charge in [-0.05, 0) is 58.1 Å². The molecule has 0 bridgehead atoms. The number of nitrogens with one attached hydrogen (secondary N) is 1. The summed E-state index contributed by atoms with van der Waals surface area (Å²) in [7, 11) is 0. The number of aromatic nitrogens is 3. The zero-order chi connectivity index (χ0) is 22.7. The molecule has 1 aromatic carbocycles. The molecule has 32 heavy (non-hydrogen) atoms. The number of hydrogen-bond donors (Lipinski definition) is 1. The first-order chi connectivity index (χ1) is 15.4. The first-order valence-corrected chi connectivity index (χ1v) is 12.0. The Morgan fingerprint density at radius 3 is 2.53 bits per heavy atom. The van der Waals surface area contributed by atoms with Crippen LogP contribution in [0, 0.1) is 19.7 Å². The molecule has 6 nitrogen and oxygen atoms in total. The normalized spacial score (nSPS) is 20.4. The van der Waals surface area contributed by atoms with Gasteiger partial charge in [-0.2, -0.15) is 5.10 Å². The Labute approximate surface area is 190 Å². The van der Waals surface area contributed by atoms with E-state index in [0.29, 0.717) is 6.42 Å². The van der Waals surface area contributed by atoms with Crippen molar-refractivity contribution in [2.75, 3.05) is 19.6 Å². The number of nitrogens with zero attached hydrogens (tertiary/aromatic N) is 4. The smallest absolute Gasteiger partial charge is 0.222 e. The molecule has 1 atom stereocenters. The van der Waals surface area contributed by atoms with Crippen molar-refractivity contribution in [1.82, 2.24) is 25.0 Å². The highest BCUT2D eigenvalue weighted by atomic mass is 19.1. The molecule has 1 aliphatic carbocycles. The number of amides is 1. The SMILES string of the molecule is Cc1nc(C)n(C(C)CC(=O)NC2CCN(CC3(c4ccccc4F)CCCC3)CC2)n1. The lowest BCUT2D eigenvalue weighted by Gasteiger charge is -2.39. The molecule has 7 heteroatoms. The van der Waals surface area contributed by atoms with Crippen LogP contribution in [-0.2, 0) is 10.2 Å². The van der Waals surface area contributed by atoms with E-state index in [0.717, 1.165) is 62.5 Å². The van der Waals surface area contributed by atoms with Crippen molar-refractivity contribution < 1.29 is 9.18 Å². The van der Waals surface area contributed by atoms with E-state index < -0.39 is 0 Å². The summed E-state index contributed by atoms with van der Waals surface area (Å²) >= 11 is 0. The molecule has 0 spiro atoms. The summed E-state index contributed by atoms with van der Waals surface area (Å²) in [4.78, 5) is 19.4. The molecule has 1 aliphatic heterocycles. The topological polar surface area (TPSA) is 63.1 Å². The van der Waals surface area contributed by atoms with Crippen LogP contribution in [0.3, 0.4) is 0 Å². The fourth-order valence-corrected chi connectivity index (χ4v) is 5.71. The van der Waals surface area contributed by atoms with Gasteiger partial charge >= 0.3 is 0 Å². The molecule has 174 valence electrons. The van der Waals surface area contributed by atoms with Gasteiger partial charge in [0.05, 0.1) is 6.04 Å². The van der Waals surface area contributed by atoms with E-state index in [4.69, 9.17) is 0 Å². The Bertz CT molecular complexity index is 928. The van der Waals surface area contributed by atoms with Crippen molar-refractivity contribution in [2.24, 2.45) is 0 Å². The predicted octanol–water partition coefficient (Wildman–Crippen LogP) is 4.08. The van der Waals surface area contributed by atoms with Gasteiger partial charge in [-0.15, -0.1) is 0 Å². The lowest BCUT2D eigenvalue weighted by molar-refractivity contribution is -0.122. The number of likely N-dealkylation sites (tertiary alicyclic amines) is 1. The van der Waals surface area contributed by atoms with Gasteiger partial charge in [0.25, 0.3) is 0 Å². The molecule has 1 unspecified atom stereocenters. The van der Waals surface area contributed by atoms with Gasteiger partial charge in [0, 0.05) is 37.5 Å². The van der Waals surface area contributed by atoms with Gasteiger partial charge in [0.2, 0.25) is 5.91 Å². The minimum atomic E-state index is -0.0662. The molecule has 4 rings (SSSR count). The van der Waals surface area contributed by atoms with Crippen molar-refractivity contribution in [1.29, 1.82) is 0 Å². The molecule has 2 heterocycles. The highest BCUT2D eigenvalue weighted by Gasteiger charge is 2.39. The summed E-state index contributed by atoms with van der Waals surface area (Å²) in [5.41, 5.74) is 0.825. The summed E-state index contributed by atoms with van der Waals surface area (Å²) in [5, 5.41) is 7.62. The van der Waals surface area contributed by atoms with E-state index in [-0.39, 0.29) is 29.2 Å². The number of rotatable bonds is 7. The largest absolute Gasteiger partial charge is 0.353 e. The lowest BCUT2D eigenvalue weighted by Crippen LogP contribution is -2.48. The minimum Gasteiger partial charge on any atom is -0.353 e. The van der Waals surface area contributed by atoms with Gasteiger partial charge in [-0.25, -0.2) is 14.1 Å². The third-order valence-corrected chi connectivity index (χ3v) is 7.29. The first-order valence-electron chi connectivity index (χ1n) is 12.0.